The first kappa shape index (κ1) is 17.5. The Hall–Kier alpha value is -0.540. The van der Waals surface area contributed by atoms with Gasteiger partial charge in [-0.25, -0.2) is 0 Å². The van der Waals surface area contributed by atoms with E-state index in [0.717, 1.165) is 29.8 Å². The summed E-state index contributed by atoms with van der Waals surface area (Å²) in [5.41, 5.74) is 1.43. The minimum absolute atomic E-state index is 0.237. The van der Waals surface area contributed by atoms with Crippen molar-refractivity contribution < 1.29 is 4.74 Å². The average Bonchev–Trinajstić information content (AvgIpc) is 2.35. The maximum atomic E-state index is 5.83. The maximum absolute atomic E-state index is 5.83. The van der Waals surface area contributed by atoms with E-state index >= 15 is 0 Å². The highest BCUT2D eigenvalue weighted by molar-refractivity contribution is 9.10. The van der Waals surface area contributed by atoms with Crippen LogP contribution in [-0.4, -0.2) is 18.7 Å². The molecule has 0 unspecified atom stereocenters. The molecule has 0 aliphatic carbocycles. The summed E-state index contributed by atoms with van der Waals surface area (Å²) in [4.78, 5) is 0. The van der Waals surface area contributed by atoms with Crippen LogP contribution in [0.3, 0.4) is 0 Å². The maximum Gasteiger partial charge on any atom is 0.123 e. The second-order valence-corrected chi connectivity index (χ2v) is 7.26. The van der Waals surface area contributed by atoms with Gasteiger partial charge in [-0.15, -0.1) is 0 Å². The first-order chi connectivity index (χ1) is 9.38. The van der Waals surface area contributed by atoms with E-state index in [4.69, 9.17) is 4.74 Å². The van der Waals surface area contributed by atoms with E-state index in [9.17, 15) is 0 Å². The number of benzene rings is 1. The lowest BCUT2D eigenvalue weighted by Gasteiger charge is -2.20. The van der Waals surface area contributed by atoms with E-state index in [-0.39, 0.29) is 5.54 Å². The lowest BCUT2D eigenvalue weighted by atomic mass is 10.1. The fourth-order valence-corrected chi connectivity index (χ4v) is 2.30. The van der Waals surface area contributed by atoms with E-state index in [1.807, 2.05) is 12.1 Å². The van der Waals surface area contributed by atoms with Crippen LogP contribution in [-0.2, 0) is 0 Å². The van der Waals surface area contributed by atoms with Crippen molar-refractivity contribution >= 4 is 15.9 Å². The normalized spacial score (nSPS) is 11.7. The molecule has 1 aromatic carbocycles. The number of hydrogen-bond acceptors (Lipinski definition) is 2. The van der Waals surface area contributed by atoms with Gasteiger partial charge < -0.3 is 10.1 Å². The van der Waals surface area contributed by atoms with Gasteiger partial charge >= 0.3 is 0 Å². The highest BCUT2D eigenvalue weighted by Crippen LogP contribution is 2.23. The number of ether oxygens (including phenoxy) is 1. The summed E-state index contributed by atoms with van der Waals surface area (Å²) in [5.74, 6) is 0.994. The number of hydrogen-bond donors (Lipinski definition) is 1. The fourth-order valence-electron chi connectivity index (χ4n) is 1.96. The van der Waals surface area contributed by atoms with Gasteiger partial charge in [0.1, 0.15) is 5.75 Å². The minimum Gasteiger partial charge on any atom is -0.493 e. The number of nitrogens with one attached hydrogen (secondary N) is 1. The molecule has 2 nitrogen and oxygen atoms in total. The summed E-state index contributed by atoms with van der Waals surface area (Å²) >= 11 is 3.48. The Bertz CT molecular complexity index is 398. The summed E-state index contributed by atoms with van der Waals surface area (Å²) < 4.78 is 6.91. The third-order valence-corrected chi connectivity index (χ3v) is 3.63. The zero-order chi connectivity index (χ0) is 15.0. The van der Waals surface area contributed by atoms with Gasteiger partial charge in [0, 0.05) is 10.0 Å². The SMILES string of the molecule is Cc1ccc(Br)cc1OCCCCCCNC(C)(C)C. The second kappa shape index (κ2) is 8.68. The van der Waals surface area contributed by atoms with Crippen molar-refractivity contribution in [3.8, 4) is 5.75 Å². The van der Waals surface area contributed by atoms with Gasteiger partial charge in [0.15, 0.2) is 0 Å². The van der Waals surface area contributed by atoms with Gasteiger partial charge in [-0.05, 0) is 64.8 Å². The second-order valence-electron chi connectivity index (χ2n) is 6.35. The van der Waals surface area contributed by atoms with Crippen molar-refractivity contribution in [3.63, 3.8) is 0 Å². The Morgan fingerprint density at radius 1 is 1.10 bits per heavy atom. The molecule has 0 heterocycles. The lowest BCUT2D eigenvalue weighted by molar-refractivity contribution is 0.301. The molecule has 1 aromatic rings. The molecule has 0 saturated carbocycles. The average molecular weight is 342 g/mol. The van der Waals surface area contributed by atoms with Crippen LogP contribution in [0.1, 0.15) is 52.0 Å². The highest BCUT2D eigenvalue weighted by Gasteiger charge is 2.06. The van der Waals surface area contributed by atoms with E-state index < -0.39 is 0 Å². The van der Waals surface area contributed by atoms with E-state index in [1.165, 1.54) is 24.8 Å². The molecule has 0 amide bonds. The summed E-state index contributed by atoms with van der Waals surface area (Å²) in [6.07, 6.45) is 4.87. The Balaban J connectivity index is 2.06. The molecule has 0 aromatic heterocycles. The predicted molar refractivity (Wildman–Crippen MR) is 90.6 cm³/mol. The highest BCUT2D eigenvalue weighted by atomic mass is 79.9. The molecule has 0 atom stereocenters. The topological polar surface area (TPSA) is 21.3 Å². The zero-order valence-electron chi connectivity index (χ0n) is 13.3. The Kier molecular flexibility index (Phi) is 7.60. The van der Waals surface area contributed by atoms with Crippen molar-refractivity contribution in [2.24, 2.45) is 0 Å². The van der Waals surface area contributed by atoms with E-state index in [1.54, 1.807) is 0 Å². The number of aryl methyl sites for hydroxylation is 1. The number of unbranched alkanes of at least 4 members (excludes halogenated alkanes) is 3. The van der Waals surface area contributed by atoms with Gasteiger partial charge in [-0.1, -0.05) is 34.8 Å². The van der Waals surface area contributed by atoms with Crippen molar-refractivity contribution in [2.45, 2.75) is 58.9 Å². The Labute approximate surface area is 132 Å². The van der Waals surface area contributed by atoms with Crippen molar-refractivity contribution in [1.29, 1.82) is 0 Å². The number of halogens is 1. The number of rotatable bonds is 8. The van der Waals surface area contributed by atoms with Gasteiger partial charge in [0.25, 0.3) is 0 Å². The van der Waals surface area contributed by atoms with Crippen molar-refractivity contribution in [1.82, 2.24) is 5.32 Å². The van der Waals surface area contributed by atoms with Crippen molar-refractivity contribution in [2.75, 3.05) is 13.2 Å². The summed E-state index contributed by atoms with van der Waals surface area (Å²) in [7, 11) is 0. The molecular formula is C17H28BrNO. The molecule has 0 fully saturated rings. The zero-order valence-corrected chi connectivity index (χ0v) is 14.8. The molecule has 0 aliphatic rings. The van der Waals surface area contributed by atoms with Gasteiger partial charge in [-0.3, -0.25) is 0 Å². The van der Waals surface area contributed by atoms with Crippen molar-refractivity contribution in [3.05, 3.63) is 28.2 Å². The van der Waals surface area contributed by atoms with Crippen LogP contribution in [0, 0.1) is 6.92 Å². The Morgan fingerprint density at radius 3 is 2.50 bits per heavy atom. The molecule has 114 valence electrons. The Morgan fingerprint density at radius 2 is 1.80 bits per heavy atom. The molecule has 0 saturated heterocycles. The quantitative estimate of drug-likeness (QED) is 0.665. The van der Waals surface area contributed by atoms with Crippen LogP contribution in [0.15, 0.2) is 22.7 Å². The molecule has 0 radical (unpaired) electrons. The minimum atomic E-state index is 0.237. The van der Waals surface area contributed by atoms with Crippen LogP contribution in [0.5, 0.6) is 5.75 Å². The molecule has 20 heavy (non-hydrogen) atoms. The first-order valence-electron chi connectivity index (χ1n) is 7.52. The third-order valence-electron chi connectivity index (χ3n) is 3.13. The third kappa shape index (κ3) is 7.91. The van der Waals surface area contributed by atoms with E-state index in [2.05, 4.69) is 55.0 Å². The summed E-state index contributed by atoms with van der Waals surface area (Å²) in [6, 6.07) is 6.17. The molecule has 1 rings (SSSR count). The van der Waals surface area contributed by atoms with Gasteiger partial charge in [0.05, 0.1) is 6.61 Å². The molecule has 1 N–H and O–H groups in total. The smallest absolute Gasteiger partial charge is 0.123 e. The van der Waals surface area contributed by atoms with Crippen LogP contribution in [0.25, 0.3) is 0 Å². The van der Waals surface area contributed by atoms with Gasteiger partial charge in [-0.2, -0.15) is 0 Å². The van der Waals surface area contributed by atoms with E-state index in [0.29, 0.717) is 0 Å². The first-order valence-corrected chi connectivity index (χ1v) is 8.32. The van der Waals surface area contributed by atoms with Crippen LogP contribution < -0.4 is 10.1 Å². The van der Waals surface area contributed by atoms with Crippen LogP contribution in [0.4, 0.5) is 0 Å². The predicted octanol–water partition coefficient (Wildman–Crippen LogP) is 5.08. The van der Waals surface area contributed by atoms with Crippen LogP contribution in [0.2, 0.25) is 0 Å². The monoisotopic (exact) mass is 341 g/mol. The van der Waals surface area contributed by atoms with Crippen LogP contribution >= 0.6 is 15.9 Å². The summed E-state index contributed by atoms with van der Waals surface area (Å²) in [5, 5.41) is 3.52. The lowest BCUT2D eigenvalue weighted by Crippen LogP contribution is -2.36. The molecular weight excluding hydrogens is 314 g/mol. The molecule has 3 heteroatoms. The standard InChI is InChI=1S/C17H28BrNO/c1-14-9-10-15(18)13-16(14)20-12-8-6-5-7-11-19-17(2,3)4/h9-10,13,19H,5-8,11-12H2,1-4H3. The van der Waals surface area contributed by atoms with Gasteiger partial charge in [0.2, 0.25) is 0 Å². The molecule has 0 bridgehead atoms. The summed E-state index contributed by atoms with van der Waals surface area (Å²) in [6.45, 7) is 10.6. The largest absolute Gasteiger partial charge is 0.493 e. The molecule has 0 spiro atoms. The fraction of sp³-hybridized carbons (Fsp3) is 0.647. The molecule has 0 aliphatic heterocycles.